The molecule has 0 bridgehead atoms. The van der Waals surface area contributed by atoms with Crippen LogP contribution in [-0.4, -0.2) is 17.1 Å². The van der Waals surface area contributed by atoms with E-state index in [1.807, 2.05) is 24.3 Å². The van der Waals surface area contributed by atoms with Gasteiger partial charge in [-0.05, 0) is 42.3 Å². The summed E-state index contributed by atoms with van der Waals surface area (Å²) in [6.45, 7) is 1.63. The summed E-state index contributed by atoms with van der Waals surface area (Å²) in [4.78, 5) is 19.6. The van der Waals surface area contributed by atoms with Gasteiger partial charge in [-0.3, -0.25) is 4.79 Å². The summed E-state index contributed by atoms with van der Waals surface area (Å²) >= 11 is 1.37. The number of halogens is 1. The molecule has 0 saturated carbocycles. The molecule has 0 spiro atoms. The molecule has 7 heteroatoms. The van der Waals surface area contributed by atoms with Crippen LogP contribution in [-0.2, 0) is 5.75 Å². The van der Waals surface area contributed by atoms with Gasteiger partial charge in [-0.15, -0.1) is 0 Å². The molecule has 142 valence electrons. The zero-order valence-electron chi connectivity index (χ0n) is 15.4. The summed E-state index contributed by atoms with van der Waals surface area (Å²) in [5.41, 5.74) is 2.12. The highest BCUT2D eigenvalue weighted by Gasteiger charge is 2.20. The smallest absolute Gasteiger partial charge is 0.254 e. The zero-order chi connectivity index (χ0) is 20.1. The molecular formula is C21H18FN3O2S. The van der Waals surface area contributed by atoms with E-state index in [2.05, 4.69) is 16.0 Å². The number of H-pyrrole nitrogens is 1. The molecule has 1 heterocycles. The number of methoxy groups -OCH3 is 1. The number of nitrogens with zero attached hydrogens (tertiary/aromatic N) is 2. The van der Waals surface area contributed by atoms with Crippen molar-refractivity contribution in [2.24, 2.45) is 0 Å². The lowest BCUT2D eigenvalue weighted by atomic mass is 9.94. The van der Waals surface area contributed by atoms with Crippen LogP contribution in [0.1, 0.15) is 28.3 Å². The molecule has 0 aliphatic carbocycles. The third-order valence-corrected chi connectivity index (χ3v) is 5.25. The van der Waals surface area contributed by atoms with Crippen molar-refractivity contribution in [3.63, 3.8) is 0 Å². The lowest BCUT2D eigenvalue weighted by Crippen LogP contribution is -2.18. The maximum atomic E-state index is 13.2. The molecule has 1 aromatic heterocycles. The van der Waals surface area contributed by atoms with Crippen LogP contribution in [0.15, 0.2) is 58.5 Å². The number of aromatic amines is 1. The minimum atomic E-state index is -0.747. The van der Waals surface area contributed by atoms with E-state index >= 15 is 0 Å². The lowest BCUT2D eigenvalue weighted by Gasteiger charge is -2.13. The Hall–Kier alpha value is -3.11. The van der Waals surface area contributed by atoms with Gasteiger partial charge in [0.15, 0.2) is 5.16 Å². The molecule has 0 aliphatic rings. The van der Waals surface area contributed by atoms with Gasteiger partial charge in [0.05, 0.1) is 18.9 Å². The summed E-state index contributed by atoms with van der Waals surface area (Å²) in [6, 6.07) is 15.5. The van der Waals surface area contributed by atoms with Crippen LogP contribution in [0.5, 0.6) is 5.75 Å². The Balaban J connectivity index is 1.88. The first-order valence-corrected chi connectivity index (χ1v) is 9.52. The van der Waals surface area contributed by atoms with Gasteiger partial charge >= 0.3 is 0 Å². The Morgan fingerprint density at radius 1 is 1.21 bits per heavy atom. The van der Waals surface area contributed by atoms with Crippen molar-refractivity contribution in [2.75, 3.05) is 7.11 Å². The van der Waals surface area contributed by atoms with Crippen LogP contribution in [0.4, 0.5) is 4.39 Å². The van der Waals surface area contributed by atoms with E-state index in [0.29, 0.717) is 27.7 Å². The van der Waals surface area contributed by atoms with Crippen molar-refractivity contribution in [1.82, 2.24) is 9.97 Å². The van der Waals surface area contributed by atoms with Crippen molar-refractivity contribution in [3.05, 3.63) is 87.1 Å². The van der Waals surface area contributed by atoms with Gasteiger partial charge in [-0.1, -0.05) is 36.0 Å². The standard InChI is InChI=1S/C21H18FN3O2S/c1-13-19(18(11-23)15-5-7-16(22)8-6-15)24-21(25-20(13)26)28-12-14-3-9-17(27-2)10-4-14/h3-10,18H,12H2,1-2H3,(H,24,25,26). The Kier molecular flexibility index (Phi) is 6.12. The number of thioether (sulfide) groups is 1. The minimum Gasteiger partial charge on any atom is -0.497 e. The van der Waals surface area contributed by atoms with Crippen LogP contribution < -0.4 is 10.3 Å². The zero-order valence-corrected chi connectivity index (χ0v) is 16.2. The third kappa shape index (κ3) is 4.41. The first kappa shape index (κ1) is 19.6. The highest BCUT2D eigenvalue weighted by molar-refractivity contribution is 7.98. The molecule has 3 rings (SSSR count). The maximum Gasteiger partial charge on any atom is 0.254 e. The van der Waals surface area contributed by atoms with Crippen molar-refractivity contribution >= 4 is 11.8 Å². The van der Waals surface area contributed by atoms with Crippen LogP contribution in [0.3, 0.4) is 0 Å². The quantitative estimate of drug-likeness (QED) is 0.500. The minimum absolute atomic E-state index is 0.287. The van der Waals surface area contributed by atoms with E-state index in [0.717, 1.165) is 11.3 Å². The van der Waals surface area contributed by atoms with E-state index in [1.54, 1.807) is 14.0 Å². The normalized spacial score (nSPS) is 11.6. The summed E-state index contributed by atoms with van der Waals surface area (Å²) in [7, 11) is 1.61. The predicted molar refractivity (Wildman–Crippen MR) is 106 cm³/mol. The second kappa shape index (κ2) is 8.72. The van der Waals surface area contributed by atoms with Gasteiger partial charge in [0.2, 0.25) is 0 Å². The molecule has 5 nitrogen and oxygen atoms in total. The number of hydrogen-bond acceptors (Lipinski definition) is 5. The van der Waals surface area contributed by atoms with E-state index in [4.69, 9.17) is 4.74 Å². The molecule has 0 fully saturated rings. The molecule has 0 radical (unpaired) electrons. The van der Waals surface area contributed by atoms with E-state index < -0.39 is 5.92 Å². The molecule has 0 saturated heterocycles. The number of aromatic nitrogens is 2. The third-order valence-electron chi connectivity index (χ3n) is 4.31. The van der Waals surface area contributed by atoms with Crippen LogP contribution in [0, 0.1) is 24.1 Å². The Bertz CT molecular complexity index is 1060. The first-order valence-electron chi connectivity index (χ1n) is 8.53. The molecule has 2 aromatic carbocycles. The summed E-state index contributed by atoms with van der Waals surface area (Å²) < 4.78 is 18.4. The van der Waals surface area contributed by atoms with Crippen LogP contribution in [0.25, 0.3) is 0 Å². The monoisotopic (exact) mass is 395 g/mol. The molecule has 0 aliphatic heterocycles. The van der Waals surface area contributed by atoms with Crippen LogP contribution in [0.2, 0.25) is 0 Å². The topological polar surface area (TPSA) is 78.8 Å². The molecule has 1 atom stereocenters. The Morgan fingerprint density at radius 3 is 2.50 bits per heavy atom. The highest BCUT2D eigenvalue weighted by Crippen LogP contribution is 2.27. The average Bonchev–Trinajstić information content (AvgIpc) is 2.72. The number of ether oxygens (including phenoxy) is 1. The average molecular weight is 395 g/mol. The van der Waals surface area contributed by atoms with E-state index in [9.17, 15) is 14.4 Å². The second-order valence-electron chi connectivity index (χ2n) is 6.13. The maximum absolute atomic E-state index is 13.2. The fourth-order valence-corrected chi connectivity index (χ4v) is 3.52. The molecule has 0 amide bonds. The van der Waals surface area contributed by atoms with Crippen molar-refractivity contribution < 1.29 is 9.13 Å². The van der Waals surface area contributed by atoms with Crippen molar-refractivity contribution in [1.29, 1.82) is 5.26 Å². The summed E-state index contributed by atoms with van der Waals surface area (Å²) in [5.74, 6) is 0.243. The molecule has 3 aromatic rings. The lowest BCUT2D eigenvalue weighted by molar-refractivity contribution is 0.414. The van der Waals surface area contributed by atoms with Gasteiger partial charge in [-0.25, -0.2) is 9.37 Å². The van der Waals surface area contributed by atoms with Gasteiger partial charge in [-0.2, -0.15) is 5.26 Å². The highest BCUT2D eigenvalue weighted by atomic mass is 32.2. The van der Waals surface area contributed by atoms with E-state index in [1.165, 1.54) is 36.0 Å². The Morgan fingerprint density at radius 2 is 1.89 bits per heavy atom. The van der Waals surface area contributed by atoms with Gasteiger partial charge in [0.25, 0.3) is 5.56 Å². The molecule has 28 heavy (non-hydrogen) atoms. The number of rotatable bonds is 6. The van der Waals surface area contributed by atoms with Gasteiger partial charge < -0.3 is 9.72 Å². The number of hydrogen-bond donors (Lipinski definition) is 1. The fourth-order valence-electron chi connectivity index (χ4n) is 2.70. The second-order valence-corrected chi connectivity index (χ2v) is 7.10. The molecular weight excluding hydrogens is 377 g/mol. The summed E-state index contributed by atoms with van der Waals surface area (Å²) in [5, 5.41) is 10.1. The summed E-state index contributed by atoms with van der Waals surface area (Å²) in [6.07, 6.45) is 0. The van der Waals surface area contributed by atoms with Gasteiger partial charge in [0.1, 0.15) is 17.5 Å². The fraction of sp³-hybridized carbons (Fsp3) is 0.190. The van der Waals surface area contributed by atoms with Crippen molar-refractivity contribution in [3.8, 4) is 11.8 Å². The van der Waals surface area contributed by atoms with Gasteiger partial charge in [0, 0.05) is 11.3 Å². The molecule has 1 N–H and O–H groups in total. The first-order chi connectivity index (χ1) is 13.5. The van der Waals surface area contributed by atoms with Crippen LogP contribution >= 0.6 is 11.8 Å². The SMILES string of the molecule is COc1ccc(CSc2nc(C(C#N)c3ccc(F)cc3)c(C)c(=O)[nH]2)cc1. The molecule has 1 unspecified atom stereocenters. The predicted octanol–water partition coefficient (Wildman–Crippen LogP) is 4.17. The van der Waals surface area contributed by atoms with Crippen molar-refractivity contribution in [2.45, 2.75) is 23.8 Å². The largest absolute Gasteiger partial charge is 0.497 e. The Labute approximate surface area is 166 Å². The van der Waals surface area contributed by atoms with E-state index in [-0.39, 0.29) is 11.4 Å². The number of nitriles is 1. The number of benzene rings is 2. The number of nitrogens with one attached hydrogen (secondary N) is 1.